The Kier molecular flexibility index (Phi) is 3.05. The van der Waals surface area contributed by atoms with Crippen molar-refractivity contribution >= 4 is 0 Å². The van der Waals surface area contributed by atoms with E-state index in [0.29, 0.717) is 0 Å². The lowest BCUT2D eigenvalue weighted by atomic mass is 9.60. The van der Waals surface area contributed by atoms with E-state index in [0.717, 1.165) is 24.2 Å². The number of hydrogen-bond acceptors (Lipinski definition) is 1. The average Bonchev–Trinajstić information content (AvgIpc) is 2.88. The fourth-order valence-electron chi connectivity index (χ4n) is 5.46. The molecular weight excluding hydrogens is 244 g/mol. The summed E-state index contributed by atoms with van der Waals surface area (Å²) in [4.78, 5) is 0. The van der Waals surface area contributed by atoms with Crippen LogP contribution in [0.2, 0.25) is 0 Å². The van der Waals surface area contributed by atoms with Crippen LogP contribution in [0.25, 0.3) is 0 Å². The highest BCUT2D eigenvalue weighted by Crippen LogP contribution is 2.55. The third-order valence-electron chi connectivity index (χ3n) is 6.47. The SMILES string of the molecule is COC1=CCC2=C(CCC3C4CCC(C)=C4CCC23)C1. The number of rotatable bonds is 1. The van der Waals surface area contributed by atoms with Gasteiger partial charge in [-0.15, -0.1) is 0 Å². The van der Waals surface area contributed by atoms with Crippen LogP contribution in [-0.2, 0) is 4.74 Å². The number of allylic oxidation sites excluding steroid dienone is 5. The molecule has 4 aliphatic carbocycles. The monoisotopic (exact) mass is 270 g/mol. The summed E-state index contributed by atoms with van der Waals surface area (Å²) < 4.78 is 5.48. The number of ether oxygens (including phenoxy) is 1. The third kappa shape index (κ3) is 1.82. The smallest absolute Gasteiger partial charge is 0.0959 e. The summed E-state index contributed by atoms with van der Waals surface area (Å²) in [6.45, 7) is 2.39. The van der Waals surface area contributed by atoms with E-state index >= 15 is 0 Å². The Hall–Kier alpha value is -0.980. The Morgan fingerprint density at radius 1 is 1.00 bits per heavy atom. The van der Waals surface area contributed by atoms with Crippen LogP contribution in [0.3, 0.4) is 0 Å². The molecule has 3 atom stereocenters. The molecule has 3 unspecified atom stereocenters. The van der Waals surface area contributed by atoms with Gasteiger partial charge in [0.25, 0.3) is 0 Å². The maximum absolute atomic E-state index is 5.48. The first-order valence-corrected chi connectivity index (χ1v) is 8.40. The van der Waals surface area contributed by atoms with Crippen LogP contribution in [0.4, 0.5) is 0 Å². The highest BCUT2D eigenvalue weighted by Gasteiger charge is 2.43. The summed E-state index contributed by atoms with van der Waals surface area (Å²) in [7, 11) is 1.82. The van der Waals surface area contributed by atoms with E-state index in [1.807, 2.05) is 18.3 Å². The van der Waals surface area contributed by atoms with Gasteiger partial charge in [-0.3, -0.25) is 0 Å². The van der Waals surface area contributed by atoms with E-state index in [9.17, 15) is 0 Å². The predicted molar refractivity (Wildman–Crippen MR) is 82.2 cm³/mol. The molecule has 0 aromatic heterocycles. The van der Waals surface area contributed by atoms with Crippen molar-refractivity contribution in [3.63, 3.8) is 0 Å². The summed E-state index contributed by atoms with van der Waals surface area (Å²) in [5, 5.41) is 0. The first kappa shape index (κ1) is 12.7. The highest BCUT2D eigenvalue weighted by atomic mass is 16.5. The summed E-state index contributed by atoms with van der Waals surface area (Å²) in [5.41, 5.74) is 7.14. The van der Waals surface area contributed by atoms with Crippen LogP contribution >= 0.6 is 0 Å². The Morgan fingerprint density at radius 3 is 2.65 bits per heavy atom. The Balaban J connectivity index is 1.61. The Labute approximate surface area is 122 Å². The van der Waals surface area contributed by atoms with Gasteiger partial charge in [-0.2, -0.15) is 0 Å². The average molecular weight is 270 g/mol. The first-order valence-electron chi connectivity index (χ1n) is 8.40. The predicted octanol–water partition coefficient (Wildman–Crippen LogP) is 5.15. The fourth-order valence-corrected chi connectivity index (χ4v) is 5.46. The van der Waals surface area contributed by atoms with Crippen LogP contribution in [0.5, 0.6) is 0 Å². The van der Waals surface area contributed by atoms with Crippen LogP contribution in [-0.4, -0.2) is 7.11 Å². The van der Waals surface area contributed by atoms with Crippen molar-refractivity contribution in [2.45, 2.75) is 58.3 Å². The number of methoxy groups -OCH3 is 1. The molecule has 0 aromatic carbocycles. The molecule has 1 heteroatoms. The maximum atomic E-state index is 5.48. The molecule has 0 bridgehead atoms. The van der Waals surface area contributed by atoms with Crippen molar-refractivity contribution in [3.05, 3.63) is 34.1 Å². The van der Waals surface area contributed by atoms with E-state index in [-0.39, 0.29) is 0 Å². The molecule has 0 N–H and O–H groups in total. The zero-order valence-corrected chi connectivity index (χ0v) is 12.9. The van der Waals surface area contributed by atoms with E-state index < -0.39 is 0 Å². The van der Waals surface area contributed by atoms with Gasteiger partial charge in [0, 0.05) is 6.42 Å². The molecule has 4 rings (SSSR count). The molecule has 0 aliphatic heterocycles. The second-order valence-electron chi connectivity index (χ2n) is 7.18. The summed E-state index contributed by atoms with van der Waals surface area (Å²) in [5.74, 6) is 4.01. The molecule has 4 aliphatic rings. The molecule has 0 amide bonds. The van der Waals surface area contributed by atoms with E-state index in [1.165, 1.54) is 50.7 Å². The quantitative estimate of drug-likeness (QED) is 0.598. The topological polar surface area (TPSA) is 9.23 Å². The molecule has 0 spiro atoms. The van der Waals surface area contributed by atoms with Gasteiger partial charge < -0.3 is 4.74 Å². The van der Waals surface area contributed by atoms with Crippen molar-refractivity contribution in [1.29, 1.82) is 0 Å². The van der Waals surface area contributed by atoms with E-state index in [1.54, 1.807) is 11.1 Å². The third-order valence-corrected chi connectivity index (χ3v) is 6.47. The molecule has 0 radical (unpaired) electrons. The zero-order chi connectivity index (χ0) is 13.7. The second-order valence-corrected chi connectivity index (χ2v) is 7.18. The lowest BCUT2D eigenvalue weighted by molar-refractivity contribution is 0.195. The molecule has 108 valence electrons. The van der Waals surface area contributed by atoms with Crippen LogP contribution in [0.15, 0.2) is 34.1 Å². The molecule has 0 saturated heterocycles. The van der Waals surface area contributed by atoms with Crippen molar-refractivity contribution in [2.75, 3.05) is 7.11 Å². The largest absolute Gasteiger partial charge is 0.501 e. The molecule has 1 fully saturated rings. The summed E-state index contributed by atoms with van der Waals surface area (Å²) in [6, 6.07) is 0. The van der Waals surface area contributed by atoms with Crippen LogP contribution in [0, 0.1) is 17.8 Å². The van der Waals surface area contributed by atoms with Crippen molar-refractivity contribution in [1.82, 2.24) is 0 Å². The Morgan fingerprint density at radius 2 is 1.80 bits per heavy atom. The van der Waals surface area contributed by atoms with Gasteiger partial charge in [0.1, 0.15) is 0 Å². The zero-order valence-electron chi connectivity index (χ0n) is 12.9. The second kappa shape index (κ2) is 4.79. The highest BCUT2D eigenvalue weighted by molar-refractivity contribution is 5.35. The molecule has 1 nitrogen and oxygen atoms in total. The molecule has 20 heavy (non-hydrogen) atoms. The Bertz CT molecular complexity index is 520. The normalized spacial score (nSPS) is 36.3. The van der Waals surface area contributed by atoms with Gasteiger partial charge in [0.2, 0.25) is 0 Å². The molecule has 0 heterocycles. The lowest BCUT2D eigenvalue weighted by Crippen LogP contribution is -2.33. The molecular formula is C19H26O. The first-order chi connectivity index (χ1) is 9.78. The van der Waals surface area contributed by atoms with Gasteiger partial charge in [0.05, 0.1) is 12.9 Å². The minimum absolute atomic E-state index is 0.896. The van der Waals surface area contributed by atoms with Gasteiger partial charge in [-0.05, 0) is 75.7 Å². The number of hydrogen-bond donors (Lipinski definition) is 0. The van der Waals surface area contributed by atoms with Gasteiger partial charge >= 0.3 is 0 Å². The maximum Gasteiger partial charge on any atom is 0.0959 e. The van der Waals surface area contributed by atoms with Crippen molar-refractivity contribution in [2.24, 2.45) is 17.8 Å². The lowest BCUT2D eigenvalue weighted by Gasteiger charge is -2.44. The minimum atomic E-state index is 0.896. The fraction of sp³-hybridized carbons (Fsp3) is 0.684. The van der Waals surface area contributed by atoms with Crippen LogP contribution in [0.1, 0.15) is 58.3 Å². The van der Waals surface area contributed by atoms with E-state index in [2.05, 4.69) is 13.0 Å². The van der Waals surface area contributed by atoms with Gasteiger partial charge in [0.15, 0.2) is 0 Å². The standard InChI is InChI=1S/C19H26O/c1-12-3-6-17-15(12)9-10-18-16-8-5-14(20-2)11-13(16)4-7-19(17)18/h5,17-19H,3-4,6-11H2,1-2H3. The summed E-state index contributed by atoms with van der Waals surface area (Å²) in [6.07, 6.45) is 13.0. The van der Waals surface area contributed by atoms with Crippen molar-refractivity contribution < 1.29 is 4.74 Å². The number of fused-ring (bicyclic) bond motifs is 4. The molecule has 1 saturated carbocycles. The van der Waals surface area contributed by atoms with Gasteiger partial charge in [-0.1, -0.05) is 22.3 Å². The summed E-state index contributed by atoms with van der Waals surface area (Å²) >= 11 is 0. The van der Waals surface area contributed by atoms with Crippen molar-refractivity contribution in [3.8, 4) is 0 Å². The molecule has 0 aromatic rings. The van der Waals surface area contributed by atoms with Crippen LogP contribution < -0.4 is 0 Å². The van der Waals surface area contributed by atoms with Gasteiger partial charge in [-0.25, -0.2) is 0 Å². The minimum Gasteiger partial charge on any atom is -0.501 e. The van der Waals surface area contributed by atoms with E-state index in [4.69, 9.17) is 4.74 Å².